The van der Waals surface area contributed by atoms with Gasteiger partial charge in [-0.15, -0.1) is 0 Å². The Morgan fingerprint density at radius 1 is 1.50 bits per heavy atom. The van der Waals surface area contributed by atoms with Crippen molar-refractivity contribution < 1.29 is 9.59 Å². The largest absolute Gasteiger partial charge is 0.356 e. The molecule has 1 atom stereocenters. The van der Waals surface area contributed by atoms with Crippen molar-refractivity contribution in [3.8, 4) is 0 Å². The van der Waals surface area contributed by atoms with E-state index in [1.165, 1.54) is 0 Å². The number of nitrogens with zero attached hydrogens (tertiary/aromatic N) is 1. The van der Waals surface area contributed by atoms with Gasteiger partial charge >= 0.3 is 0 Å². The monoisotopic (exact) mass is 168 g/mol. The molecule has 2 fully saturated rings. The van der Waals surface area contributed by atoms with E-state index in [4.69, 9.17) is 0 Å². The van der Waals surface area contributed by atoms with Crippen LogP contribution < -0.4 is 5.32 Å². The molecule has 2 saturated heterocycles. The topological polar surface area (TPSA) is 49.4 Å². The number of likely N-dealkylation sites (tertiary alicyclic amines) is 1. The van der Waals surface area contributed by atoms with Gasteiger partial charge in [-0.05, 0) is 6.42 Å². The van der Waals surface area contributed by atoms with Crippen LogP contribution in [0.5, 0.6) is 0 Å². The summed E-state index contributed by atoms with van der Waals surface area (Å²) in [6.07, 6.45) is 1.21. The fourth-order valence-corrected chi connectivity index (χ4v) is 2.06. The quantitative estimate of drug-likeness (QED) is 0.523. The molecule has 0 aliphatic carbocycles. The Balaban J connectivity index is 2.24. The maximum absolute atomic E-state index is 11.4. The van der Waals surface area contributed by atoms with Gasteiger partial charge < -0.3 is 10.2 Å². The van der Waals surface area contributed by atoms with Gasteiger partial charge in [-0.3, -0.25) is 9.59 Å². The Labute approximate surface area is 70.9 Å². The second kappa shape index (κ2) is 2.21. The minimum atomic E-state index is -0.383. The normalized spacial score (nSPS) is 34.9. The highest BCUT2D eigenvalue weighted by Gasteiger charge is 2.49. The van der Waals surface area contributed by atoms with E-state index < -0.39 is 0 Å². The number of nitrogens with one attached hydrogen (secondary N) is 1. The molecule has 0 radical (unpaired) electrons. The highest BCUT2D eigenvalue weighted by atomic mass is 16.2. The van der Waals surface area contributed by atoms with Crippen molar-refractivity contribution in [2.45, 2.75) is 12.8 Å². The molecule has 0 saturated carbocycles. The third kappa shape index (κ3) is 0.838. The van der Waals surface area contributed by atoms with Crippen LogP contribution in [0.1, 0.15) is 12.8 Å². The molecule has 66 valence electrons. The highest BCUT2D eigenvalue weighted by Crippen LogP contribution is 2.36. The zero-order valence-corrected chi connectivity index (χ0v) is 7.09. The molecular formula is C8H12N2O2. The first-order chi connectivity index (χ1) is 5.64. The molecule has 4 nitrogen and oxygen atoms in total. The summed E-state index contributed by atoms with van der Waals surface area (Å²) in [4.78, 5) is 24.3. The van der Waals surface area contributed by atoms with Gasteiger partial charge in [0.15, 0.2) is 0 Å². The minimum absolute atomic E-state index is 0.0557. The lowest BCUT2D eigenvalue weighted by Gasteiger charge is -2.17. The highest BCUT2D eigenvalue weighted by molar-refractivity contribution is 5.93. The van der Waals surface area contributed by atoms with Crippen LogP contribution in [0, 0.1) is 5.41 Å². The molecule has 1 unspecified atom stereocenters. The van der Waals surface area contributed by atoms with Gasteiger partial charge in [0.05, 0.1) is 5.41 Å². The summed E-state index contributed by atoms with van der Waals surface area (Å²) in [5.74, 6) is 0.146. The molecule has 2 heterocycles. The van der Waals surface area contributed by atoms with Gasteiger partial charge in [0.25, 0.3) is 0 Å². The van der Waals surface area contributed by atoms with Crippen LogP contribution in [-0.4, -0.2) is 36.9 Å². The number of carbonyl (C=O) groups is 2. The lowest BCUT2D eigenvalue weighted by Crippen LogP contribution is -2.33. The van der Waals surface area contributed by atoms with Crippen molar-refractivity contribution in [2.75, 3.05) is 20.1 Å². The zero-order valence-electron chi connectivity index (χ0n) is 7.09. The molecule has 1 spiro atoms. The summed E-state index contributed by atoms with van der Waals surface area (Å²) in [5, 5.41) is 2.78. The van der Waals surface area contributed by atoms with E-state index in [2.05, 4.69) is 5.32 Å². The summed E-state index contributed by atoms with van der Waals surface area (Å²) in [5.41, 5.74) is -0.383. The molecule has 2 rings (SSSR count). The van der Waals surface area contributed by atoms with Crippen LogP contribution in [0.25, 0.3) is 0 Å². The standard InChI is InChI=1S/C8H12N2O2/c1-10-5-8(4-6(10)11)2-3-9-7(8)12/h2-5H2,1H3,(H,9,12). The van der Waals surface area contributed by atoms with E-state index >= 15 is 0 Å². The molecule has 2 amide bonds. The first-order valence-electron chi connectivity index (χ1n) is 4.16. The molecule has 2 aliphatic heterocycles. The van der Waals surface area contributed by atoms with Crippen LogP contribution in [0.2, 0.25) is 0 Å². The van der Waals surface area contributed by atoms with Crippen LogP contribution >= 0.6 is 0 Å². The van der Waals surface area contributed by atoms with E-state index in [0.717, 1.165) is 13.0 Å². The number of carbonyl (C=O) groups excluding carboxylic acids is 2. The van der Waals surface area contributed by atoms with E-state index in [-0.39, 0.29) is 17.2 Å². The summed E-state index contributed by atoms with van der Waals surface area (Å²) in [6, 6.07) is 0. The Kier molecular flexibility index (Phi) is 1.40. The SMILES string of the molecule is CN1CC2(CCNC2=O)CC1=O. The van der Waals surface area contributed by atoms with E-state index in [1.807, 2.05) is 0 Å². The Hall–Kier alpha value is -1.06. The predicted octanol–water partition coefficient (Wildman–Crippen LogP) is -0.645. The Morgan fingerprint density at radius 2 is 2.25 bits per heavy atom. The first-order valence-corrected chi connectivity index (χ1v) is 4.16. The lowest BCUT2D eigenvalue weighted by atomic mass is 9.85. The third-order valence-electron chi connectivity index (χ3n) is 2.83. The van der Waals surface area contributed by atoms with Gasteiger partial charge in [-0.2, -0.15) is 0 Å². The summed E-state index contributed by atoms with van der Waals surface area (Å²) < 4.78 is 0. The van der Waals surface area contributed by atoms with E-state index in [0.29, 0.717) is 13.0 Å². The molecule has 1 N–H and O–H groups in total. The van der Waals surface area contributed by atoms with Crippen LogP contribution in [0.3, 0.4) is 0 Å². The van der Waals surface area contributed by atoms with Crippen LogP contribution in [0.15, 0.2) is 0 Å². The second-order valence-electron chi connectivity index (χ2n) is 3.71. The summed E-state index contributed by atoms with van der Waals surface area (Å²) in [6.45, 7) is 1.32. The van der Waals surface area contributed by atoms with Crippen molar-refractivity contribution in [1.29, 1.82) is 0 Å². The van der Waals surface area contributed by atoms with Gasteiger partial charge in [0, 0.05) is 26.6 Å². The van der Waals surface area contributed by atoms with Crippen molar-refractivity contribution in [1.82, 2.24) is 10.2 Å². The van der Waals surface area contributed by atoms with Gasteiger partial charge in [0.1, 0.15) is 0 Å². The first kappa shape index (κ1) is 7.58. The summed E-state index contributed by atoms with van der Waals surface area (Å²) in [7, 11) is 1.75. The predicted molar refractivity (Wildman–Crippen MR) is 42.3 cm³/mol. The fraction of sp³-hybridized carbons (Fsp3) is 0.750. The molecule has 0 aromatic carbocycles. The Morgan fingerprint density at radius 3 is 2.67 bits per heavy atom. The molecule has 4 heteroatoms. The lowest BCUT2D eigenvalue weighted by molar-refractivity contribution is -0.129. The van der Waals surface area contributed by atoms with Gasteiger partial charge in [-0.1, -0.05) is 0 Å². The average molecular weight is 168 g/mol. The molecule has 0 bridgehead atoms. The van der Waals surface area contributed by atoms with Crippen LogP contribution in [-0.2, 0) is 9.59 Å². The second-order valence-corrected chi connectivity index (χ2v) is 3.71. The molecular weight excluding hydrogens is 156 g/mol. The van der Waals surface area contributed by atoms with E-state index in [1.54, 1.807) is 11.9 Å². The number of hydrogen-bond acceptors (Lipinski definition) is 2. The zero-order chi connectivity index (χ0) is 8.77. The van der Waals surface area contributed by atoms with Crippen LogP contribution in [0.4, 0.5) is 0 Å². The molecule has 2 aliphatic rings. The van der Waals surface area contributed by atoms with E-state index in [9.17, 15) is 9.59 Å². The molecule has 0 aromatic heterocycles. The average Bonchev–Trinajstić information content (AvgIpc) is 2.45. The summed E-state index contributed by atoms with van der Waals surface area (Å²) >= 11 is 0. The maximum atomic E-state index is 11.4. The number of hydrogen-bond donors (Lipinski definition) is 1. The third-order valence-corrected chi connectivity index (χ3v) is 2.83. The minimum Gasteiger partial charge on any atom is -0.356 e. The number of amides is 2. The van der Waals surface area contributed by atoms with Crippen molar-refractivity contribution in [2.24, 2.45) is 5.41 Å². The number of rotatable bonds is 0. The molecule has 0 aromatic rings. The molecule has 12 heavy (non-hydrogen) atoms. The van der Waals surface area contributed by atoms with Gasteiger partial charge in [0.2, 0.25) is 11.8 Å². The van der Waals surface area contributed by atoms with Gasteiger partial charge in [-0.25, -0.2) is 0 Å². The van der Waals surface area contributed by atoms with Crippen molar-refractivity contribution >= 4 is 11.8 Å². The fourth-order valence-electron chi connectivity index (χ4n) is 2.06. The smallest absolute Gasteiger partial charge is 0.228 e. The van der Waals surface area contributed by atoms with Crippen molar-refractivity contribution in [3.63, 3.8) is 0 Å². The Bertz CT molecular complexity index is 251. The maximum Gasteiger partial charge on any atom is 0.228 e. The van der Waals surface area contributed by atoms with Crippen molar-refractivity contribution in [3.05, 3.63) is 0 Å².